The van der Waals surface area contributed by atoms with Crippen LogP contribution in [0.2, 0.25) is 0 Å². The summed E-state index contributed by atoms with van der Waals surface area (Å²) in [4.78, 5) is 12.2. The number of nitrogens with one attached hydrogen (secondary N) is 1. The van der Waals surface area contributed by atoms with E-state index in [1.54, 1.807) is 0 Å². The number of hydrogen-bond donors (Lipinski definition) is 2. The Morgan fingerprint density at radius 3 is 2.72 bits per heavy atom. The Hall–Kier alpha value is -0.870. The van der Waals surface area contributed by atoms with Gasteiger partial charge in [-0.2, -0.15) is 0 Å². The van der Waals surface area contributed by atoms with Crippen LogP contribution >= 0.6 is 15.9 Å². The van der Waals surface area contributed by atoms with E-state index in [9.17, 15) is 9.90 Å². The predicted molar refractivity (Wildman–Crippen MR) is 74.5 cm³/mol. The van der Waals surface area contributed by atoms with E-state index in [4.69, 9.17) is 0 Å². The van der Waals surface area contributed by atoms with Gasteiger partial charge in [-0.1, -0.05) is 25.5 Å². The number of hydrogen-bond acceptors (Lipinski definition) is 2. The molecule has 1 saturated carbocycles. The number of carbonyl (C=O) groups is 1. The van der Waals surface area contributed by atoms with Gasteiger partial charge in [-0.05, 0) is 41.4 Å². The summed E-state index contributed by atoms with van der Waals surface area (Å²) in [5.41, 5.74) is 1.45. The van der Waals surface area contributed by atoms with E-state index in [1.165, 1.54) is 0 Å². The fourth-order valence-corrected chi connectivity index (χ4v) is 2.62. The second-order valence-electron chi connectivity index (χ2n) is 5.58. The molecule has 0 radical (unpaired) electrons. The molecule has 1 aliphatic carbocycles. The lowest BCUT2D eigenvalue weighted by atomic mass is 9.64. The summed E-state index contributed by atoms with van der Waals surface area (Å²) in [6.07, 6.45) is 0.297. The van der Waals surface area contributed by atoms with Crippen LogP contribution in [0.4, 0.5) is 0 Å². The Balaban J connectivity index is 2.12. The molecule has 1 fully saturated rings. The average molecular weight is 312 g/mol. The molecule has 4 heteroatoms. The molecule has 1 aromatic rings. The first-order valence-corrected chi connectivity index (χ1v) is 6.86. The first-order chi connectivity index (χ1) is 8.32. The lowest BCUT2D eigenvalue weighted by Gasteiger charge is -2.49. The Labute approximate surface area is 116 Å². The predicted octanol–water partition coefficient (Wildman–Crippen LogP) is 2.65. The van der Waals surface area contributed by atoms with Gasteiger partial charge in [0.25, 0.3) is 5.91 Å². The Bertz CT molecular complexity index is 485. The van der Waals surface area contributed by atoms with E-state index < -0.39 is 0 Å². The summed E-state index contributed by atoms with van der Waals surface area (Å²) in [5, 5.41) is 12.7. The minimum atomic E-state index is -0.330. The zero-order chi connectivity index (χ0) is 13.5. The van der Waals surface area contributed by atoms with Crippen LogP contribution in [0.15, 0.2) is 22.7 Å². The number of carbonyl (C=O) groups excluding carboxylic acids is 1. The second-order valence-corrected chi connectivity index (χ2v) is 6.44. The Kier molecular flexibility index (Phi) is 3.52. The van der Waals surface area contributed by atoms with Crippen molar-refractivity contribution in [3.8, 4) is 0 Å². The van der Waals surface area contributed by atoms with E-state index in [-0.39, 0.29) is 23.5 Å². The molecule has 2 atom stereocenters. The summed E-state index contributed by atoms with van der Waals surface area (Å²) >= 11 is 3.39. The molecule has 0 heterocycles. The summed E-state index contributed by atoms with van der Waals surface area (Å²) in [7, 11) is 0. The van der Waals surface area contributed by atoms with Gasteiger partial charge in [0.05, 0.1) is 11.7 Å². The fraction of sp³-hybridized carbons (Fsp3) is 0.500. The van der Waals surface area contributed by atoms with Gasteiger partial charge in [-0.3, -0.25) is 4.79 Å². The third kappa shape index (κ3) is 2.31. The Morgan fingerprint density at radius 1 is 1.50 bits per heavy atom. The minimum absolute atomic E-state index is 0.0346. The van der Waals surface area contributed by atoms with Crippen LogP contribution in [-0.4, -0.2) is 23.2 Å². The van der Waals surface area contributed by atoms with Gasteiger partial charge in [0.15, 0.2) is 0 Å². The number of aryl methyl sites for hydroxylation is 1. The number of aliphatic hydroxyl groups is 1. The second kappa shape index (κ2) is 4.67. The van der Waals surface area contributed by atoms with E-state index in [2.05, 4.69) is 21.2 Å². The first-order valence-electron chi connectivity index (χ1n) is 6.07. The van der Waals surface area contributed by atoms with Crippen LogP contribution in [0.1, 0.15) is 36.2 Å². The SMILES string of the molecule is Cc1ccc(Br)c(C(=O)N[C@@H]2C[C@@H](O)C2(C)C)c1. The molecule has 0 bridgehead atoms. The van der Waals surface area contributed by atoms with Gasteiger partial charge in [0.1, 0.15) is 0 Å². The number of rotatable bonds is 2. The quantitative estimate of drug-likeness (QED) is 0.882. The smallest absolute Gasteiger partial charge is 0.252 e. The third-order valence-electron chi connectivity index (χ3n) is 3.89. The zero-order valence-corrected chi connectivity index (χ0v) is 12.4. The van der Waals surface area contributed by atoms with Crippen molar-refractivity contribution in [3.63, 3.8) is 0 Å². The highest BCUT2D eigenvalue weighted by atomic mass is 79.9. The summed E-state index contributed by atoms with van der Waals surface area (Å²) in [5.74, 6) is -0.0875. The highest BCUT2D eigenvalue weighted by Crippen LogP contribution is 2.40. The van der Waals surface area contributed by atoms with E-state index in [1.807, 2.05) is 39.0 Å². The van der Waals surface area contributed by atoms with Crippen LogP contribution in [0, 0.1) is 12.3 Å². The molecule has 98 valence electrons. The molecule has 2 N–H and O–H groups in total. The zero-order valence-electron chi connectivity index (χ0n) is 10.8. The maximum Gasteiger partial charge on any atom is 0.252 e. The van der Waals surface area contributed by atoms with Crippen LogP contribution in [0.3, 0.4) is 0 Å². The van der Waals surface area contributed by atoms with Gasteiger partial charge in [0, 0.05) is 15.9 Å². The van der Waals surface area contributed by atoms with Crippen LogP contribution < -0.4 is 5.32 Å². The number of halogens is 1. The van der Waals surface area contributed by atoms with Gasteiger partial charge in [-0.15, -0.1) is 0 Å². The summed E-state index contributed by atoms with van der Waals surface area (Å²) in [6, 6.07) is 5.73. The van der Waals surface area contributed by atoms with Gasteiger partial charge < -0.3 is 10.4 Å². The standard InChI is InChI=1S/C14H18BrNO2/c1-8-4-5-10(15)9(6-8)13(18)16-11-7-12(17)14(11,2)3/h4-6,11-12,17H,7H2,1-3H3,(H,16,18)/t11-,12-/m1/s1. The first kappa shape index (κ1) is 13.6. The Morgan fingerprint density at radius 2 is 2.17 bits per heavy atom. The molecule has 18 heavy (non-hydrogen) atoms. The normalized spacial score (nSPS) is 25.4. The summed E-state index contributed by atoms with van der Waals surface area (Å²) < 4.78 is 0.795. The molecule has 1 aliphatic rings. The van der Waals surface area contributed by atoms with Crippen LogP contribution in [0.5, 0.6) is 0 Å². The van der Waals surface area contributed by atoms with Crippen molar-refractivity contribution in [3.05, 3.63) is 33.8 Å². The molecule has 1 amide bonds. The maximum absolute atomic E-state index is 12.2. The molecule has 3 nitrogen and oxygen atoms in total. The molecule has 0 saturated heterocycles. The highest BCUT2D eigenvalue weighted by molar-refractivity contribution is 9.10. The number of aliphatic hydroxyl groups excluding tert-OH is 1. The van der Waals surface area contributed by atoms with Crippen LogP contribution in [0.25, 0.3) is 0 Å². The molecule has 2 rings (SSSR count). The van der Waals surface area contributed by atoms with Crippen molar-refractivity contribution in [2.45, 2.75) is 39.3 Å². The number of benzene rings is 1. The fourth-order valence-electron chi connectivity index (χ4n) is 2.20. The topological polar surface area (TPSA) is 49.3 Å². The van der Waals surface area contributed by atoms with E-state index >= 15 is 0 Å². The molecule has 0 aromatic heterocycles. The molecule has 1 aromatic carbocycles. The molecular weight excluding hydrogens is 294 g/mol. The highest BCUT2D eigenvalue weighted by Gasteiger charge is 2.48. The minimum Gasteiger partial charge on any atom is -0.392 e. The summed E-state index contributed by atoms with van der Waals surface area (Å²) in [6.45, 7) is 5.90. The van der Waals surface area contributed by atoms with Crippen molar-refractivity contribution in [2.75, 3.05) is 0 Å². The third-order valence-corrected chi connectivity index (χ3v) is 4.58. The maximum atomic E-state index is 12.2. The molecule has 0 unspecified atom stereocenters. The van der Waals surface area contributed by atoms with Crippen molar-refractivity contribution in [2.24, 2.45) is 5.41 Å². The van der Waals surface area contributed by atoms with E-state index in [0.717, 1.165) is 10.0 Å². The lowest BCUT2D eigenvalue weighted by molar-refractivity contribution is -0.0689. The van der Waals surface area contributed by atoms with Gasteiger partial charge in [-0.25, -0.2) is 0 Å². The monoisotopic (exact) mass is 311 g/mol. The lowest BCUT2D eigenvalue weighted by Crippen LogP contribution is -2.61. The van der Waals surface area contributed by atoms with Crippen molar-refractivity contribution in [1.82, 2.24) is 5.32 Å². The van der Waals surface area contributed by atoms with Crippen LogP contribution in [-0.2, 0) is 0 Å². The molecular formula is C14H18BrNO2. The van der Waals surface area contributed by atoms with Gasteiger partial charge >= 0.3 is 0 Å². The van der Waals surface area contributed by atoms with Crippen molar-refractivity contribution < 1.29 is 9.90 Å². The average Bonchev–Trinajstić information content (AvgIpc) is 2.31. The van der Waals surface area contributed by atoms with Crippen molar-refractivity contribution in [1.29, 1.82) is 0 Å². The molecule has 0 aliphatic heterocycles. The number of amides is 1. The largest absolute Gasteiger partial charge is 0.392 e. The van der Waals surface area contributed by atoms with Crippen molar-refractivity contribution >= 4 is 21.8 Å². The van der Waals surface area contributed by atoms with Gasteiger partial charge in [0.2, 0.25) is 0 Å². The molecule has 0 spiro atoms. The van der Waals surface area contributed by atoms with E-state index in [0.29, 0.717) is 12.0 Å².